The van der Waals surface area contributed by atoms with Crippen LogP contribution in [0.4, 0.5) is 0 Å². The van der Waals surface area contributed by atoms with E-state index in [4.69, 9.17) is 5.73 Å². The maximum absolute atomic E-state index is 12.9. The fourth-order valence-corrected chi connectivity index (χ4v) is 5.00. The van der Waals surface area contributed by atoms with E-state index in [0.29, 0.717) is 29.7 Å². The highest BCUT2D eigenvalue weighted by Gasteiger charge is 2.49. The molecular formula is C21H25ClN2O. The SMILES string of the molecule is Cl.NC1CCC2CN(C(=O)C3CC3c3ccc4ccccc4c3)CC12. The number of nitrogens with zero attached hydrogens (tertiary/aromatic N) is 1. The number of fused-ring (bicyclic) bond motifs is 2. The van der Waals surface area contributed by atoms with E-state index in [9.17, 15) is 4.79 Å². The molecule has 2 aliphatic carbocycles. The van der Waals surface area contributed by atoms with E-state index in [1.165, 1.54) is 22.8 Å². The van der Waals surface area contributed by atoms with Crippen molar-refractivity contribution >= 4 is 29.1 Å². The number of halogens is 1. The average Bonchev–Trinajstić information content (AvgIpc) is 3.18. The summed E-state index contributed by atoms with van der Waals surface area (Å²) in [5.41, 5.74) is 7.53. The Balaban J connectivity index is 0.00000157. The molecule has 1 heterocycles. The zero-order chi connectivity index (χ0) is 16.3. The van der Waals surface area contributed by atoms with Crippen molar-refractivity contribution < 1.29 is 4.79 Å². The van der Waals surface area contributed by atoms with Crippen LogP contribution in [0.2, 0.25) is 0 Å². The van der Waals surface area contributed by atoms with Gasteiger partial charge < -0.3 is 10.6 Å². The lowest BCUT2D eigenvalue weighted by Gasteiger charge is -2.19. The van der Waals surface area contributed by atoms with Crippen LogP contribution in [0.15, 0.2) is 42.5 Å². The molecule has 0 aromatic heterocycles. The van der Waals surface area contributed by atoms with Gasteiger partial charge in [0.1, 0.15) is 0 Å². The average molecular weight is 357 g/mol. The van der Waals surface area contributed by atoms with Crippen molar-refractivity contribution in [3.63, 3.8) is 0 Å². The Morgan fingerprint density at radius 3 is 2.64 bits per heavy atom. The molecule has 1 aliphatic heterocycles. The Labute approximate surface area is 155 Å². The molecule has 5 unspecified atom stereocenters. The molecule has 132 valence electrons. The van der Waals surface area contributed by atoms with Crippen LogP contribution in [0.5, 0.6) is 0 Å². The number of hydrogen-bond acceptors (Lipinski definition) is 2. The third-order valence-corrected chi connectivity index (χ3v) is 6.53. The third kappa shape index (κ3) is 2.84. The predicted molar refractivity (Wildman–Crippen MR) is 103 cm³/mol. The first kappa shape index (κ1) is 16.9. The summed E-state index contributed by atoms with van der Waals surface area (Å²) in [5.74, 6) is 2.18. The second kappa shape index (κ2) is 6.30. The summed E-state index contributed by atoms with van der Waals surface area (Å²) in [6, 6.07) is 15.4. The van der Waals surface area contributed by atoms with E-state index < -0.39 is 0 Å². The van der Waals surface area contributed by atoms with Gasteiger partial charge in [0.25, 0.3) is 0 Å². The van der Waals surface area contributed by atoms with Crippen molar-refractivity contribution in [2.75, 3.05) is 13.1 Å². The molecular weight excluding hydrogens is 332 g/mol. The topological polar surface area (TPSA) is 46.3 Å². The van der Waals surface area contributed by atoms with Gasteiger partial charge in [0, 0.05) is 25.0 Å². The monoisotopic (exact) mass is 356 g/mol. The van der Waals surface area contributed by atoms with Crippen molar-refractivity contribution in [3.05, 3.63) is 48.0 Å². The van der Waals surface area contributed by atoms with Crippen molar-refractivity contribution in [1.29, 1.82) is 0 Å². The Morgan fingerprint density at radius 1 is 1.04 bits per heavy atom. The molecule has 25 heavy (non-hydrogen) atoms. The highest BCUT2D eigenvalue weighted by Crippen LogP contribution is 2.50. The minimum Gasteiger partial charge on any atom is -0.342 e. The summed E-state index contributed by atoms with van der Waals surface area (Å²) in [4.78, 5) is 15.0. The summed E-state index contributed by atoms with van der Waals surface area (Å²) in [6.07, 6.45) is 3.35. The van der Waals surface area contributed by atoms with Gasteiger partial charge in [-0.2, -0.15) is 0 Å². The van der Waals surface area contributed by atoms with Crippen LogP contribution in [-0.2, 0) is 4.79 Å². The first-order valence-corrected chi connectivity index (χ1v) is 9.24. The molecule has 3 aliphatic rings. The number of carbonyl (C=O) groups is 1. The van der Waals surface area contributed by atoms with E-state index in [1.807, 2.05) is 0 Å². The lowest BCUT2D eigenvalue weighted by Crippen LogP contribution is -2.34. The molecule has 5 atom stereocenters. The zero-order valence-electron chi connectivity index (χ0n) is 14.3. The van der Waals surface area contributed by atoms with E-state index in [-0.39, 0.29) is 18.3 Å². The van der Waals surface area contributed by atoms with E-state index in [0.717, 1.165) is 25.9 Å². The molecule has 1 amide bonds. The van der Waals surface area contributed by atoms with Crippen molar-refractivity contribution in [2.24, 2.45) is 23.5 Å². The number of nitrogens with two attached hydrogens (primary N) is 1. The van der Waals surface area contributed by atoms with Gasteiger partial charge >= 0.3 is 0 Å². The van der Waals surface area contributed by atoms with Crippen LogP contribution >= 0.6 is 12.4 Å². The van der Waals surface area contributed by atoms with Gasteiger partial charge in [0.15, 0.2) is 0 Å². The lowest BCUT2D eigenvalue weighted by molar-refractivity contribution is -0.131. The summed E-state index contributed by atoms with van der Waals surface area (Å²) >= 11 is 0. The fourth-order valence-electron chi connectivity index (χ4n) is 5.00. The summed E-state index contributed by atoms with van der Waals surface area (Å²) < 4.78 is 0. The number of hydrogen-bond donors (Lipinski definition) is 1. The molecule has 2 aromatic rings. The van der Waals surface area contributed by atoms with Crippen LogP contribution in [0.25, 0.3) is 10.8 Å². The highest BCUT2D eigenvalue weighted by atomic mass is 35.5. The highest BCUT2D eigenvalue weighted by molar-refractivity contribution is 5.86. The molecule has 5 rings (SSSR count). The standard InChI is InChI=1S/C21H24N2O.ClH/c22-20-8-7-16-11-23(12-19(16)20)21(24)18-10-17(18)15-6-5-13-3-1-2-4-14(13)9-15;/h1-6,9,16-20H,7-8,10-12,22H2;1H. The van der Waals surface area contributed by atoms with Crippen LogP contribution in [0, 0.1) is 17.8 Å². The number of carbonyl (C=O) groups excluding carboxylic acids is 1. The maximum Gasteiger partial charge on any atom is 0.226 e. The molecule has 2 saturated carbocycles. The van der Waals surface area contributed by atoms with Crippen molar-refractivity contribution in [3.8, 4) is 0 Å². The molecule has 0 bridgehead atoms. The van der Waals surface area contributed by atoms with Gasteiger partial charge in [-0.1, -0.05) is 42.5 Å². The maximum atomic E-state index is 12.9. The second-order valence-corrected chi connectivity index (χ2v) is 7.96. The molecule has 2 aromatic carbocycles. The smallest absolute Gasteiger partial charge is 0.226 e. The third-order valence-electron chi connectivity index (χ3n) is 6.53. The predicted octanol–water partition coefficient (Wildman–Crippen LogP) is 3.56. The quantitative estimate of drug-likeness (QED) is 0.894. The Hall–Kier alpha value is -1.58. The number of benzene rings is 2. The molecule has 1 saturated heterocycles. The number of rotatable bonds is 2. The van der Waals surface area contributed by atoms with Gasteiger partial charge in [-0.25, -0.2) is 0 Å². The molecule has 2 N–H and O–H groups in total. The lowest BCUT2D eigenvalue weighted by atomic mass is 9.98. The van der Waals surface area contributed by atoms with Gasteiger partial charge in [-0.3, -0.25) is 4.79 Å². The van der Waals surface area contributed by atoms with Gasteiger partial charge in [-0.15, -0.1) is 12.4 Å². The van der Waals surface area contributed by atoms with Crippen molar-refractivity contribution in [1.82, 2.24) is 4.90 Å². The van der Waals surface area contributed by atoms with Crippen molar-refractivity contribution in [2.45, 2.75) is 31.2 Å². The summed E-state index contributed by atoms with van der Waals surface area (Å²) in [7, 11) is 0. The van der Waals surface area contributed by atoms with Gasteiger partial charge in [0.05, 0.1) is 0 Å². The van der Waals surface area contributed by atoms with Crippen LogP contribution in [0.1, 0.15) is 30.7 Å². The number of amides is 1. The fraction of sp³-hybridized carbons (Fsp3) is 0.476. The Morgan fingerprint density at radius 2 is 1.84 bits per heavy atom. The van der Waals surface area contributed by atoms with Gasteiger partial charge in [-0.05, 0) is 53.4 Å². The zero-order valence-corrected chi connectivity index (χ0v) is 15.1. The van der Waals surface area contributed by atoms with Crippen LogP contribution in [-0.4, -0.2) is 29.9 Å². The van der Waals surface area contributed by atoms with E-state index in [2.05, 4.69) is 47.4 Å². The van der Waals surface area contributed by atoms with Crippen LogP contribution in [0.3, 0.4) is 0 Å². The molecule has 0 spiro atoms. The molecule has 3 fully saturated rings. The van der Waals surface area contributed by atoms with Gasteiger partial charge in [0.2, 0.25) is 5.91 Å². The Kier molecular flexibility index (Phi) is 4.25. The van der Waals surface area contributed by atoms with E-state index in [1.54, 1.807) is 0 Å². The minimum absolute atomic E-state index is 0. The van der Waals surface area contributed by atoms with Crippen LogP contribution < -0.4 is 5.73 Å². The second-order valence-electron chi connectivity index (χ2n) is 7.96. The molecule has 0 radical (unpaired) electrons. The van der Waals surface area contributed by atoms with E-state index >= 15 is 0 Å². The molecule has 3 nitrogen and oxygen atoms in total. The number of likely N-dealkylation sites (tertiary alicyclic amines) is 1. The largest absolute Gasteiger partial charge is 0.342 e. The minimum atomic E-state index is 0. The normalized spacial score (nSPS) is 33.2. The summed E-state index contributed by atoms with van der Waals surface area (Å²) in [6.45, 7) is 1.84. The first-order chi connectivity index (χ1) is 11.7. The Bertz CT molecular complexity index is 807. The molecule has 4 heteroatoms. The summed E-state index contributed by atoms with van der Waals surface area (Å²) in [5, 5.41) is 2.54. The first-order valence-electron chi connectivity index (χ1n) is 9.24.